The smallest absolute Gasteiger partial charge is 0.325 e. The molecular weight excluding hydrogens is 374 g/mol. The van der Waals surface area contributed by atoms with Gasteiger partial charge in [-0.25, -0.2) is 4.79 Å². The summed E-state index contributed by atoms with van der Waals surface area (Å²) in [5.41, 5.74) is 0.288. The third kappa shape index (κ3) is 3.67. The van der Waals surface area contributed by atoms with Gasteiger partial charge in [0.15, 0.2) is 11.5 Å². The summed E-state index contributed by atoms with van der Waals surface area (Å²) in [4.78, 5) is 26.4. The molecule has 1 atom stereocenters. The summed E-state index contributed by atoms with van der Waals surface area (Å²) < 4.78 is 16.3. The van der Waals surface area contributed by atoms with Crippen LogP contribution in [0.5, 0.6) is 17.2 Å². The molecule has 1 fully saturated rings. The number of nitrogens with one attached hydrogen (secondary N) is 1. The Labute approximate surface area is 167 Å². The van der Waals surface area contributed by atoms with Crippen molar-refractivity contribution in [2.75, 3.05) is 19.9 Å². The molecule has 2 aliphatic rings. The molecule has 29 heavy (non-hydrogen) atoms. The van der Waals surface area contributed by atoms with Crippen LogP contribution in [0.1, 0.15) is 18.1 Å². The molecule has 0 spiro atoms. The third-order valence-corrected chi connectivity index (χ3v) is 4.89. The normalized spacial score (nSPS) is 19.8. The minimum atomic E-state index is -1.05. The predicted octanol–water partition coefficient (Wildman–Crippen LogP) is 2.22. The molecule has 1 unspecified atom stereocenters. The van der Waals surface area contributed by atoms with Crippen molar-refractivity contribution in [3.05, 3.63) is 53.6 Å². The van der Waals surface area contributed by atoms with Gasteiger partial charge in [-0.15, -0.1) is 0 Å². The summed E-state index contributed by atoms with van der Waals surface area (Å²) in [5.74, 6) is 1.50. The van der Waals surface area contributed by atoms with Gasteiger partial charge in [0.25, 0.3) is 5.91 Å². The second kappa shape index (κ2) is 7.36. The van der Waals surface area contributed by atoms with Gasteiger partial charge in [0.1, 0.15) is 17.9 Å². The zero-order chi connectivity index (χ0) is 20.4. The molecule has 2 aromatic carbocycles. The van der Waals surface area contributed by atoms with Gasteiger partial charge in [-0.3, -0.25) is 9.69 Å². The summed E-state index contributed by atoms with van der Waals surface area (Å²) in [7, 11) is 0. The maximum atomic E-state index is 12.9. The fraction of sp³-hybridized carbons (Fsp3) is 0.286. The van der Waals surface area contributed by atoms with Crippen molar-refractivity contribution >= 4 is 11.9 Å². The van der Waals surface area contributed by atoms with Crippen LogP contribution in [0.15, 0.2) is 42.5 Å². The van der Waals surface area contributed by atoms with Crippen LogP contribution in [0.2, 0.25) is 0 Å². The van der Waals surface area contributed by atoms with Crippen LogP contribution in [0.3, 0.4) is 0 Å². The molecule has 0 bridgehead atoms. The second-order valence-corrected chi connectivity index (χ2v) is 7.07. The highest BCUT2D eigenvalue weighted by Gasteiger charge is 2.47. The number of ether oxygens (including phenoxy) is 3. The summed E-state index contributed by atoms with van der Waals surface area (Å²) in [5, 5.41) is 11.7. The van der Waals surface area contributed by atoms with Gasteiger partial charge < -0.3 is 19.5 Å². The van der Waals surface area contributed by atoms with Crippen LogP contribution in [-0.4, -0.2) is 42.3 Å². The van der Waals surface area contributed by atoms with Gasteiger partial charge in [0.2, 0.25) is 6.79 Å². The first kappa shape index (κ1) is 18.6. The summed E-state index contributed by atoms with van der Waals surface area (Å²) in [6, 6.07) is 13.8. The van der Waals surface area contributed by atoms with Crippen LogP contribution >= 0.6 is 0 Å². The Kier molecular flexibility index (Phi) is 4.72. The molecule has 148 valence electrons. The molecule has 0 saturated carbocycles. The van der Waals surface area contributed by atoms with E-state index in [2.05, 4.69) is 5.32 Å². The van der Waals surface area contributed by atoms with Crippen molar-refractivity contribution in [2.45, 2.75) is 18.9 Å². The molecule has 1 saturated heterocycles. The highest BCUT2D eigenvalue weighted by molar-refractivity contribution is 6.07. The van der Waals surface area contributed by atoms with E-state index in [4.69, 9.17) is 19.5 Å². The molecule has 4 rings (SSSR count). The molecule has 8 heteroatoms. The number of urea groups is 1. The van der Waals surface area contributed by atoms with Gasteiger partial charge in [-0.2, -0.15) is 5.26 Å². The molecule has 2 aliphatic heterocycles. The van der Waals surface area contributed by atoms with Crippen molar-refractivity contribution in [1.82, 2.24) is 10.2 Å². The Hall–Kier alpha value is -3.73. The molecular formula is C21H19N3O5. The Balaban J connectivity index is 1.39. The Morgan fingerprint density at radius 1 is 1.21 bits per heavy atom. The average Bonchev–Trinajstić information content (AvgIpc) is 3.25. The van der Waals surface area contributed by atoms with Crippen LogP contribution < -0.4 is 19.5 Å². The van der Waals surface area contributed by atoms with E-state index in [9.17, 15) is 9.59 Å². The molecule has 2 aromatic rings. The number of imide groups is 1. The number of carbonyl (C=O) groups excluding carboxylic acids is 2. The summed E-state index contributed by atoms with van der Waals surface area (Å²) >= 11 is 0. The highest BCUT2D eigenvalue weighted by Crippen LogP contribution is 2.34. The average molecular weight is 393 g/mol. The number of fused-ring (bicyclic) bond motifs is 1. The minimum absolute atomic E-state index is 0.109. The van der Waals surface area contributed by atoms with E-state index in [-0.39, 0.29) is 25.9 Å². The Morgan fingerprint density at radius 3 is 2.86 bits per heavy atom. The Bertz CT molecular complexity index is 1020. The summed E-state index contributed by atoms with van der Waals surface area (Å²) in [6.07, 6.45) is 0.329. The largest absolute Gasteiger partial charge is 0.492 e. The SMILES string of the molecule is CC1(Cc2ccc3c(c2)OCO3)NC(=O)N(CCOc2cccc(C#N)c2)C1=O. The van der Waals surface area contributed by atoms with Crippen molar-refractivity contribution < 1.29 is 23.8 Å². The number of nitriles is 1. The first-order valence-electron chi connectivity index (χ1n) is 9.14. The van der Waals surface area contributed by atoms with E-state index in [0.29, 0.717) is 29.2 Å². The number of rotatable bonds is 6. The lowest BCUT2D eigenvalue weighted by Crippen LogP contribution is -2.46. The molecule has 2 heterocycles. The Morgan fingerprint density at radius 2 is 2.03 bits per heavy atom. The molecule has 0 radical (unpaired) electrons. The van der Waals surface area contributed by atoms with Gasteiger partial charge in [0, 0.05) is 6.42 Å². The van der Waals surface area contributed by atoms with Crippen LogP contribution in [0.4, 0.5) is 4.79 Å². The lowest BCUT2D eigenvalue weighted by atomic mass is 9.92. The van der Waals surface area contributed by atoms with Crippen LogP contribution in [-0.2, 0) is 11.2 Å². The number of nitrogens with zero attached hydrogens (tertiary/aromatic N) is 2. The van der Waals surface area contributed by atoms with Crippen molar-refractivity contribution in [2.24, 2.45) is 0 Å². The van der Waals surface area contributed by atoms with E-state index >= 15 is 0 Å². The number of benzene rings is 2. The van der Waals surface area contributed by atoms with Gasteiger partial charge >= 0.3 is 6.03 Å². The summed E-state index contributed by atoms with van der Waals surface area (Å²) in [6.45, 7) is 2.12. The van der Waals surface area contributed by atoms with Gasteiger partial charge in [-0.05, 0) is 42.8 Å². The van der Waals surface area contributed by atoms with E-state index in [0.717, 1.165) is 10.5 Å². The topological polar surface area (TPSA) is 101 Å². The van der Waals surface area contributed by atoms with Crippen molar-refractivity contribution in [1.29, 1.82) is 5.26 Å². The highest BCUT2D eigenvalue weighted by atomic mass is 16.7. The number of carbonyl (C=O) groups is 2. The predicted molar refractivity (Wildman–Crippen MR) is 102 cm³/mol. The first-order chi connectivity index (χ1) is 14.0. The van der Waals surface area contributed by atoms with Crippen LogP contribution in [0, 0.1) is 11.3 Å². The fourth-order valence-corrected chi connectivity index (χ4v) is 3.44. The number of hydrogen-bond acceptors (Lipinski definition) is 6. The molecule has 3 amide bonds. The fourth-order valence-electron chi connectivity index (χ4n) is 3.44. The van der Waals surface area contributed by atoms with Crippen molar-refractivity contribution in [3.63, 3.8) is 0 Å². The third-order valence-electron chi connectivity index (χ3n) is 4.89. The molecule has 8 nitrogen and oxygen atoms in total. The monoisotopic (exact) mass is 393 g/mol. The molecule has 1 N–H and O–H groups in total. The standard InChI is InChI=1S/C21H19N3O5/c1-21(11-14-5-6-17-18(10-14)29-13-28-17)19(25)24(20(26)23-21)7-8-27-16-4-2-3-15(9-16)12-22/h2-6,9-10H,7-8,11,13H2,1H3,(H,23,26). The number of amides is 3. The molecule has 0 aromatic heterocycles. The van der Waals surface area contributed by atoms with E-state index < -0.39 is 11.6 Å². The van der Waals surface area contributed by atoms with E-state index in [1.54, 1.807) is 37.3 Å². The lowest BCUT2D eigenvalue weighted by molar-refractivity contribution is -0.131. The second-order valence-electron chi connectivity index (χ2n) is 7.07. The maximum absolute atomic E-state index is 12.9. The van der Waals surface area contributed by atoms with Crippen molar-refractivity contribution in [3.8, 4) is 23.3 Å². The zero-order valence-electron chi connectivity index (χ0n) is 15.8. The minimum Gasteiger partial charge on any atom is -0.492 e. The van der Waals surface area contributed by atoms with Crippen LogP contribution in [0.25, 0.3) is 0 Å². The van der Waals surface area contributed by atoms with E-state index in [1.807, 2.05) is 18.2 Å². The maximum Gasteiger partial charge on any atom is 0.325 e. The first-order valence-corrected chi connectivity index (χ1v) is 9.14. The quantitative estimate of drug-likeness (QED) is 0.756. The number of hydrogen-bond donors (Lipinski definition) is 1. The zero-order valence-corrected chi connectivity index (χ0v) is 15.8. The van der Waals surface area contributed by atoms with E-state index in [1.165, 1.54) is 0 Å². The van der Waals surface area contributed by atoms with Gasteiger partial charge in [-0.1, -0.05) is 12.1 Å². The van der Waals surface area contributed by atoms with Gasteiger partial charge in [0.05, 0.1) is 18.2 Å². The molecule has 0 aliphatic carbocycles. The lowest BCUT2D eigenvalue weighted by Gasteiger charge is -2.22.